The predicted octanol–water partition coefficient (Wildman–Crippen LogP) is 4.10. The molecule has 4 nitrogen and oxygen atoms in total. The van der Waals surface area contributed by atoms with E-state index in [2.05, 4.69) is 15.5 Å². The number of furan rings is 1. The highest BCUT2D eigenvalue weighted by Crippen LogP contribution is 2.32. The van der Waals surface area contributed by atoms with Gasteiger partial charge in [0.1, 0.15) is 11.5 Å². The van der Waals surface area contributed by atoms with Crippen LogP contribution >= 0.6 is 11.6 Å². The molecular formula is C12H9ClF3N3O. The van der Waals surface area contributed by atoms with E-state index in [-0.39, 0.29) is 10.8 Å². The zero-order chi connectivity index (χ0) is 14.8. The number of aryl methyl sites for hydroxylation is 1. The molecule has 2 aromatic heterocycles. The number of pyridine rings is 1. The van der Waals surface area contributed by atoms with Crippen molar-refractivity contribution in [3.63, 3.8) is 0 Å². The van der Waals surface area contributed by atoms with E-state index in [1.165, 1.54) is 6.21 Å². The molecule has 0 bridgehead atoms. The Morgan fingerprint density at radius 3 is 2.70 bits per heavy atom. The predicted molar refractivity (Wildman–Crippen MR) is 68.9 cm³/mol. The van der Waals surface area contributed by atoms with Gasteiger partial charge in [0.2, 0.25) is 0 Å². The Hall–Kier alpha value is -2.02. The number of hydrogen-bond donors (Lipinski definition) is 1. The smallest absolute Gasteiger partial charge is 0.417 e. The van der Waals surface area contributed by atoms with Crippen molar-refractivity contribution >= 4 is 23.6 Å². The zero-order valence-electron chi connectivity index (χ0n) is 10.2. The quantitative estimate of drug-likeness (QED) is 0.686. The molecule has 0 spiro atoms. The van der Waals surface area contributed by atoms with Crippen molar-refractivity contribution < 1.29 is 17.6 Å². The molecule has 2 heterocycles. The van der Waals surface area contributed by atoms with E-state index in [0.29, 0.717) is 12.0 Å². The first-order valence-corrected chi connectivity index (χ1v) is 5.82. The van der Waals surface area contributed by atoms with Gasteiger partial charge in [0.05, 0.1) is 16.8 Å². The van der Waals surface area contributed by atoms with Crippen LogP contribution in [-0.4, -0.2) is 11.2 Å². The molecule has 0 fully saturated rings. The molecule has 20 heavy (non-hydrogen) atoms. The van der Waals surface area contributed by atoms with E-state index < -0.39 is 11.7 Å². The van der Waals surface area contributed by atoms with Gasteiger partial charge >= 0.3 is 6.18 Å². The van der Waals surface area contributed by atoms with E-state index in [4.69, 9.17) is 16.0 Å². The molecule has 0 unspecified atom stereocenters. The summed E-state index contributed by atoms with van der Waals surface area (Å²) in [6.45, 7) is 1.78. The fraction of sp³-hybridized carbons (Fsp3) is 0.167. The monoisotopic (exact) mass is 303 g/mol. The number of anilines is 1. The number of nitrogens with zero attached hydrogens (tertiary/aromatic N) is 2. The molecule has 8 heteroatoms. The van der Waals surface area contributed by atoms with Crippen molar-refractivity contribution in [3.8, 4) is 0 Å². The van der Waals surface area contributed by atoms with Gasteiger partial charge in [-0.25, -0.2) is 4.98 Å². The Morgan fingerprint density at radius 2 is 2.15 bits per heavy atom. The summed E-state index contributed by atoms with van der Waals surface area (Å²) in [5.41, 5.74) is 1.53. The third kappa shape index (κ3) is 3.51. The van der Waals surface area contributed by atoms with E-state index >= 15 is 0 Å². The molecule has 0 aliphatic carbocycles. The highest BCUT2D eigenvalue weighted by atomic mass is 35.5. The minimum Gasteiger partial charge on any atom is -0.460 e. The number of nitrogens with one attached hydrogen (secondary N) is 1. The van der Waals surface area contributed by atoms with Crippen LogP contribution in [0.4, 0.5) is 19.0 Å². The molecule has 0 radical (unpaired) electrons. The molecule has 1 N–H and O–H groups in total. The van der Waals surface area contributed by atoms with Gasteiger partial charge in [0.15, 0.2) is 5.82 Å². The minimum absolute atomic E-state index is 0.0270. The van der Waals surface area contributed by atoms with Gasteiger partial charge in [-0.05, 0) is 25.1 Å². The van der Waals surface area contributed by atoms with Crippen LogP contribution in [0.3, 0.4) is 0 Å². The first-order chi connectivity index (χ1) is 9.36. The lowest BCUT2D eigenvalue weighted by molar-refractivity contribution is -0.137. The van der Waals surface area contributed by atoms with E-state index in [0.717, 1.165) is 11.8 Å². The summed E-state index contributed by atoms with van der Waals surface area (Å²) in [6, 6.07) is 4.23. The summed E-state index contributed by atoms with van der Waals surface area (Å²) < 4.78 is 42.5. The highest BCUT2D eigenvalue weighted by Gasteiger charge is 2.31. The van der Waals surface area contributed by atoms with Crippen LogP contribution in [0.2, 0.25) is 5.02 Å². The Morgan fingerprint density at radius 1 is 1.40 bits per heavy atom. The van der Waals surface area contributed by atoms with Crippen LogP contribution in [0, 0.1) is 6.92 Å². The first kappa shape index (κ1) is 14.4. The van der Waals surface area contributed by atoms with E-state index in [1.54, 1.807) is 19.1 Å². The van der Waals surface area contributed by atoms with Gasteiger partial charge in [-0.15, -0.1) is 0 Å². The Balaban J connectivity index is 2.09. The van der Waals surface area contributed by atoms with Gasteiger partial charge in [-0.3, -0.25) is 5.43 Å². The van der Waals surface area contributed by atoms with Crippen LogP contribution in [0.1, 0.15) is 17.1 Å². The molecule has 2 aromatic rings. The number of halogens is 4. The highest BCUT2D eigenvalue weighted by molar-refractivity contribution is 6.32. The molecule has 0 saturated carbocycles. The van der Waals surface area contributed by atoms with Crippen molar-refractivity contribution in [3.05, 3.63) is 46.5 Å². The average molecular weight is 304 g/mol. The molecule has 0 amide bonds. The van der Waals surface area contributed by atoms with Crippen molar-refractivity contribution in [2.75, 3.05) is 5.43 Å². The lowest BCUT2D eigenvalue weighted by Gasteiger charge is -2.08. The van der Waals surface area contributed by atoms with Crippen LogP contribution < -0.4 is 5.43 Å². The maximum absolute atomic E-state index is 12.4. The second-order valence-corrected chi connectivity index (χ2v) is 4.28. The SMILES string of the molecule is Cc1ccc(/C=N/Nc2ncc(C(F)(F)F)cc2Cl)o1. The summed E-state index contributed by atoms with van der Waals surface area (Å²) >= 11 is 5.70. The van der Waals surface area contributed by atoms with E-state index in [9.17, 15) is 13.2 Å². The average Bonchev–Trinajstić information content (AvgIpc) is 2.76. The van der Waals surface area contributed by atoms with Crippen molar-refractivity contribution in [2.45, 2.75) is 13.1 Å². The largest absolute Gasteiger partial charge is 0.460 e. The second kappa shape index (κ2) is 5.54. The second-order valence-electron chi connectivity index (χ2n) is 3.87. The zero-order valence-corrected chi connectivity index (χ0v) is 11.0. The minimum atomic E-state index is -4.48. The fourth-order valence-corrected chi connectivity index (χ4v) is 1.56. The Bertz CT molecular complexity index is 637. The summed E-state index contributed by atoms with van der Waals surface area (Å²) in [5.74, 6) is 1.24. The molecule has 0 saturated heterocycles. The number of hydrazone groups is 1. The van der Waals surface area contributed by atoms with Crippen molar-refractivity contribution in [2.24, 2.45) is 5.10 Å². The van der Waals surface area contributed by atoms with Gasteiger partial charge in [-0.2, -0.15) is 18.3 Å². The van der Waals surface area contributed by atoms with Crippen LogP contribution in [-0.2, 0) is 6.18 Å². The molecule has 2 rings (SSSR count). The standard InChI is InChI=1S/C12H9ClF3N3O/c1-7-2-3-9(20-7)6-18-19-11-10(13)4-8(5-17-11)12(14,15)16/h2-6H,1H3,(H,17,19)/b18-6+. The molecule has 106 valence electrons. The molecule has 0 aromatic carbocycles. The lowest BCUT2D eigenvalue weighted by Crippen LogP contribution is -2.06. The number of hydrogen-bond acceptors (Lipinski definition) is 4. The van der Waals surface area contributed by atoms with Gasteiger partial charge < -0.3 is 4.42 Å². The number of alkyl halides is 3. The summed E-state index contributed by atoms with van der Waals surface area (Å²) in [5, 5.41) is 3.61. The number of aromatic nitrogens is 1. The maximum Gasteiger partial charge on any atom is 0.417 e. The topological polar surface area (TPSA) is 50.4 Å². The summed E-state index contributed by atoms with van der Waals surface area (Å²) in [4.78, 5) is 3.57. The summed E-state index contributed by atoms with van der Waals surface area (Å²) in [6.07, 6.45) is -2.44. The molecular weight excluding hydrogens is 295 g/mol. The normalized spacial score (nSPS) is 12.1. The van der Waals surface area contributed by atoms with Gasteiger partial charge in [0.25, 0.3) is 0 Å². The van der Waals surface area contributed by atoms with Crippen LogP contribution in [0.5, 0.6) is 0 Å². The van der Waals surface area contributed by atoms with Crippen molar-refractivity contribution in [1.82, 2.24) is 4.98 Å². The fourth-order valence-electron chi connectivity index (χ4n) is 1.36. The molecule has 0 atom stereocenters. The van der Waals surface area contributed by atoms with Gasteiger partial charge in [-0.1, -0.05) is 11.6 Å². The van der Waals surface area contributed by atoms with Crippen LogP contribution in [0.15, 0.2) is 33.9 Å². The molecule has 0 aliphatic heterocycles. The molecule has 0 aliphatic rings. The summed E-state index contributed by atoms with van der Waals surface area (Å²) in [7, 11) is 0. The Kier molecular flexibility index (Phi) is 3.99. The third-order valence-corrected chi connectivity index (χ3v) is 2.58. The lowest BCUT2D eigenvalue weighted by atomic mass is 10.3. The third-order valence-electron chi connectivity index (χ3n) is 2.29. The first-order valence-electron chi connectivity index (χ1n) is 5.44. The van der Waals surface area contributed by atoms with E-state index in [1.807, 2.05) is 0 Å². The maximum atomic E-state index is 12.4. The van der Waals surface area contributed by atoms with Gasteiger partial charge in [0, 0.05) is 6.20 Å². The Labute approximate surface area is 117 Å². The van der Waals surface area contributed by atoms with Crippen LogP contribution in [0.25, 0.3) is 0 Å². The number of rotatable bonds is 3. The van der Waals surface area contributed by atoms with Crippen molar-refractivity contribution in [1.29, 1.82) is 0 Å².